The maximum Gasteiger partial charge on any atom is 0.255 e. The molecule has 2 aromatic rings. The molecule has 0 aliphatic heterocycles. The van der Waals surface area contributed by atoms with Crippen LogP contribution >= 0.6 is 0 Å². The minimum Gasteiger partial charge on any atom is -0.395 e. The van der Waals surface area contributed by atoms with Crippen molar-refractivity contribution in [3.63, 3.8) is 0 Å². The molecule has 5 heteroatoms. The Morgan fingerprint density at radius 3 is 3.00 bits per heavy atom. The zero-order chi connectivity index (χ0) is 14.4. The Morgan fingerprint density at radius 1 is 1.50 bits per heavy atom. The van der Waals surface area contributed by atoms with Crippen LogP contribution in [0.5, 0.6) is 0 Å². The molecule has 0 saturated heterocycles. The van der Waals surface area contributed by atoms with Crippen LogP contribution < -0.4 is 5.32 Å². The summed E-state index contributed by atoms with van der Waals surface area (Å²) in [7, 11) is 0. The Kier molecular flexibility index (Phi) is 4.53. The molecule has 1 aromatic carbocycles. The van der Waals surface area contributed by atoms with Crippen molar-refractivity contribution in [2.75, 3.05) is 11.9 Å². The minimum absolute atomic E-state index is 0.0528. The summed E-state index contributed by atoms with van der Waals surface area (Å²) in [4.78, 5) is 12.0. The average Bonchev–Trinajstić information content (AvgIpc) is 2.93. The highest BCUT2D eigenvalue weighted by Gasteiger charge is 2.08. The highest BCUT2D eigenvalue weighted by Crippen LogP contribution is 2.12. The fraction of sp³-hybridized carbons (Fsp3) is 0.200. The maximum absolute atomic E-state index is 12.0. The molecule has 0 bridgehead atoms. The van der Waals surface area contributed by atoms with E-state index in [0.717, 1.165) is 11.1 Å². The summed E-state index contributed by atoms with van der Waals surface area (Å²) in [5.41, 5.74) is 2.98. The van der Waals surface area contributed by atoms with Crippen molar-refractivity contribution in [2.24, 2.45) is 0 Å². The highest BCUT2D eigenvalue weighted by atomic mass is 16.2. The lowest BCUT2D eigenvalue weighted by Gasteiger charge is -2.05. The lowest BCUT2D eigenvalue weighted by Crippen LogP contribution is -2.11. The Balaban J connectivity index is 2.12. The molecule has 2 rings (SSSR count). The second-order valence-corrected chi connectivity index (χ2v) is 4.25. The number of carbonyl (C=O) groups excluding carboxylic acids is 1. The molecule has 0 aliphatic rings. The highest BCUT2D eigenvalue weighted by molar-refractivity contribution is 6.04. The summed E-state index contributed by atoms with van der Waals surface area (Å²) in [5.74, 6) is 5.64. The lowest BCUT2D eigenvalue weighted by molar-refractivity contribution is 0.102. The van der Waals surface area contributed by atoms with Gasteiger partial charge < -0.3 is 10.4 Å². The molecule has 0 spiro atoms. The first-order chi connectivity index (χ1) is 9.70. The summed E-state index contributed by atoms with van der Waals surface area (Å²) < 4.78 is 0. The summed E-state index contributed by atoms with van der Waals surface area (Å²) in [6.07, 6.45) is 3.60. The van der Waals surface area contributed by atoms with Crippen molar-refractivity contribution >= 4 is 11.6 Å². The standard InChI is InChI=1S/C15H15N3O2/c1-11-8-13(6-5-12(11)4-2-3-7-19)15(20)18-14-9-16-17-10-14/h5-6,8-10,19H,3,7H2,1H3,(H,16,17)(H,18,20). The molecule has 0 unspecified atom stereocenters. The number of anilines is 1. The van der Waals surface area contributed by atoms with E-state index in [1.807, 2.05) is 13.0 Å². The monoisotopic (exact) mass is 269 g/mol. The number of aliphatic hydroxyl groups is 1. The third kappa shape index (κ3) is 3.46. The minimum atomic E-state index is -0.190. The third-order valence-electron chi connectivity index (χ3n) is 2.70. The Hall–Kier alpha value is -2.58. The van der Waals surface area contributed by atoms with Gasteiger partial charge in [0.15, 0.2) is 0 Å². The summed E-state index contributed by atoms with van der Waals surface area (Å²) in [6.45, 7) is 1.95. The molecule has 5 nitrogen and oxygen atoms in total. The summed E-state index contributed by atoms with van der Waals surface area (Å²) in [6, 6.07) is 5.33. The normalized spacial score (nSPS) is 9.70. The number of amides is 1. The van der Waals surface area contributed by atoms with Crippen molar-refractivity contribution in [3.8, 4) is 11.8 Å². The van der Waals surface area contributed by atoms with Crippen molar-refractivity contribution in [1.82, 2.24) is 10.2 Å². The van der Waals surface area contributed by atoms with Gasteiger partial charge in [-0.2, -0.15) is 5.10 Å². The third-order valence-corrected chi connectivity index (χ3v) is 2.70. The topological polar surface area (TPSA) is 78.0 Å². The number of hydrogen-bond donors (Lipinski definition) is 3. The van der Waals surface area contributed by atoms with Crippen LogP contribution in [0.3, 0.4) is 0 Å². The van der Waals surface area contributed by atoms with E-state index in [2.05, 4.69) is 27.4 Å². The van der Waals surface area contributed by atoms with Crippen LogP contribution in [0.2, 0.25) is 0 Å². The van der Waals surface area contributed by atoms with Gasteiger partial charge in [-0.1, -0.05) is 11.8 Å². The first-order valence-corrected chi connectivity index (χ1v) is 6.21. The molecule has 0 aliphatic carbocycles. The van der Waals surface area contributed by atoms with Gasteiger partial charge in [0.2, 0.25) is 0 Å². The van der Waals surface area contributed by atoms with Crippen LogP contribution in [-0.2, 0) is 0 Å². The van der Waals surface area contributed by atoms with Gasteiger partial charge in [0.25, 0.3) is 5.91 Å². The first-order valence-electron chi connectivity index (χ1n) is 6.21. The number of hydrogen-bond acceptors (Lipinski definition) is 3. The Bertz CT molecular complexity index is 651. The van der Waals surface area contributed by atoms with Crippen LogP contribution in [0.15, 0.2) is 30.6 Å². The predicted octanol–water partition coefficient (Wildman–Crippen LogP) is 1.70. The molecule has 0 fully saturated rings. The van der Waals surface area contributed by atoms with Crippen LogP contribution in [0.4, 0.5) is 5.69 Å². The van der Waals surface area contributed by atoms with Gasteiger partial charge in [0.05, 0.1) is 18.5 Å². The fourth-order valence-corrected chi connectivity index (χ4v) is 1.68. The van der Waals surface area contributed by atoms with Crippen molar-refractivity contribution in [3.05, 3.63) is 47.3 Å². The number of nitrogens with one attached hydrogen (secondary N) is 2. The van der Waals surface area contributed by atoms with Gasteiger partial charge in [0.1, 0.15) is 0 Å². The number of H-pyrrole nitrogens is 1. The molecule has 102 valence electrons. The molecule has 0 saturated carbocycles. The van der Waals surface area contributed by atoms with Crippen LogP contribution in [0, 0.1) is 18.8 Å². The van der Waals surface area contributed by atoms with Crippen molar-refractivity contribution in [1.29, 1.82) is 0 Å². The zero-order valence-corrected chi connectivity index (χ0v) is 11.1. The molecular formula is C15H15N3O2. The molecule has 1 heterocycles. The molecule has 20 heavy (non-hydrogen) atoms. The number of nitrogens with zero attached hydrogens (tertiary/aromatic N) is 1. The van der Waals surface area contributed by atoms with Gasteiger partial charge in [-0.05, 0) is 30.7 Å². The number of benzene rings is 1. The fourth-order valence-electron chi connectivity index (χ4n) is 1.68. The van der Waals surface area contributed by atoms with E-state index < -0.39 is 0 Å². The largest absolute Gasteiger partial charge is 0.395 e. The van der Waals surface area contributed by atoms with Crippen LogP contribution in [-0.4, -0.2) is 27.8 Å². The number of carbonyl (C=O) groups is 1. The Morgan fingerprint density at radius 2 is 2.35 bits per heavy atom. The van der Waals surface area contributed by atoms with E-state index in [1.165, 1.54) is 0 Å². The van der Waals surface area contributed by atoms with E-state index in [-0.39, 0.29) is 12.5 Å². The van der Waals surface area contributed by atoms with E-state index in [0.29, 0.717) is 17.7 Å². The van der Waals surface area contributed by atoms with Crippen molar-refractivity contribution < 1.29 is 9.90 Å². The number of aryl methyl sites for hydroxylation is 1. The van der Waals surface area contributed by atoms with E-state index >= 15 is 0 Å². The number of aliphatic hydroxyl groups excluding tert-OH is 1. The summed E-state index contributed by atoms with van der Waals surface area (Å²) in [5, 5.41) is 17.8. The second kappa shape index (κ2) is 6.55. The number of aromatic amines is 1. The SMILES string of the molecule is Cc1cc(C(=O)Nc2cn[nH]c2)ccc1C#CCCO. The quantitative estimate of drug-likeness (QED) is 0.742. The van der Waals surface area contributed by atoms with Crippen LogP contribution in [0.1, 0.15) is 27.9 Å². The molecule has 0 radical (unpaired) electrons. The van der Waals surface area contributed by atoms with Crippen LogP contribution in [0.25, 0.3) is 0 Å². The first kappa shape index (κ1) is 13.8. The average molecular weight is 269 g/mol. The summed E-state index contributed by atoms with van der Waals surface area (Å²) >= 11 is 0. The van der Waals surface area contributed by atoms with Gasteiger partial charge in [-0.15, -0.1) is 0 Å². The number of aromatic nitrogens is 2. The number of rotatable bonds is 3. The van der Waals surface area contributed by atoms with Gasteiger partial charge in [-0.3, -0.25) is 9.89 Å². The van der Waals surface area contributed by atoms with E-state index in [9.17, 15) is 4.79 Å². The van der Waals surface area contributed by atoms with Gasteiger partial charge in [-0.25, -0.2) is 0 Å². The molecule has 1 amide bonds. The maximum atomic E-state index is 12.0. The molecule has 3 N–H and O–H groups in total. The van der Waals surface area contributed by atoms with Crippen molar-refractivity contribution in [2.45, 2.75) is 13.3 Å². The Labute approximate surface area is 117 Å². The molecular weight excluding hydrogens is 254 g/mol. The van der Waals surface area contributed by atoms with E-state index in [4.69, 9.17) is 5.11 Å². The lowest BCUT2D eigenvalue weighted by atomic mass is 10.0. The smallest absolute Gasteiger partial charge is 0.255 e. The predicted molar refractivity (Wildman–Crippen MR) is 76.3 cm³/mol. The second-order valence-electron chi connectivity index (χ2n) is 4.25. The molecule has 0 atom stereocenters. The van der Waals surface area contributed by atoms with Gasteiger partial charge in [0, 0.05) is 23.7 Å². The van der Waals surface area contributed by atoms with E-state index in [1.54, 1.807) is 24.5 Å². The molecule has 1 aromatic heterocycles. The zero-order valence-electron chi connectivity index (χ0n) is 11.1. The van der Waals surface area contributed by atoms with Gasteiger partial charge >= 0.3 is 0 Å².